The average molecular weight is 386 g/mol. The maximum atomic E-state index is 12.9. The molecule has 1 aromatic heterocycles. The molecule has 150 valence electrons. The molecule has 1 aromatic carbocycles. The predicted octanol–water partition coefficient (Wildman–Crippen LogP) is 2.57. The van der Waals surface area contributed by atoms with Crippen LogP contribution in [0.3, 0.4) is 0 Å². The summed E-state index contributed by atoms with van der Waals surface area (Å²) in [4.78, 5) is 20.5. The highest BCUT2D eigenvalue weighted by Crippen LogP contribution is 2.30. The van der Waals surface area contributed by atoms with Crippen molar-refractivity contribution >= 4 is 11.8 Å². The summed E-state index contributed by atoms with van der Waals surface area (Å²) in [7, 11) is 1.68. The number of carbonyl (C=O) groups excluding carboxylic acids is 1. The van der Waals surface area contributed by atoms with Gasteiger partial charge in [0.2, 0.25) is 0 Å². The Morgan fingerprint density at radius 3 is 2.79 bits per heavy atom. The fourth-order valence-electron chi connectivity index (χ4n) is 3.06. The van der Waals surface area contributed by atoms with Gasteiger partial charge in [0.1, 0.15) is 6.73 Å². The third-order valence-corrected chi connectivity index (χ3v) is 4.41. The second-order valence-electron chi connectivity index (χ2n) is 6.70. The number of hydrogen-bond acceptors (Lipinski definition) is 5. The Balaban J connectivity index is 1.98. The van der Waals surface area contributed by atoms with Crippen molar-refractivity contribution in [3.8, 4) is 6.01 Å². The van der Waals surface area contributed by atoms with E-state index in [9.17, 15) is 4.79 Å². The zero-order chi connectivity index (χ0) is 20.1. The smallest absolute Gasteiger partial charge is 0.327 e. The Labute approximate surface area is 164 Å². The summed E-state index contributed by atoms with van der Waals surface area (Å²) in [5.41, 5.74) is 1.84. The van der Waals surface area contributed by atoms with E-state index in [2.05, 4.69) is 11.6 Å². The van der Waals surface area contributed by atoms with Crippen LogP contribution in [0, 0.1) is 0 Å². The van der Waals surface area contributed by atoms with Crippen molar-refractivity contribution in [1.82, 2.24) is 14.5 Å². The minimum atomic E-state index is -0.236. The van der Waals surface area contributed by atoms with Crippen LogP contribution in [0.15, 0.2) is 42.7 Å². The van der Waals surface area contributed by atoms with Gasteiger partial charge in [0.05, 0.1) is 24.6 Å². The first kappa shape index (κ1) is 19.9. The van der Waals surface area contributed by atoms with Crippen molar-refractivity contribution in [3.05, 3.63) is 53.9 Å². The van der Waals surface area contributed by atoms with Gasteiger partial charge in [0.15, 0.2) is 5.82 Å². The van der Waals surface area contributed by atoms with Crippen molar-refractivity contribution in [3.63, 3.8) is 0 Å². The van der Waals surface area contributed by atoms with E-state index in [1.165, 1.54) is 4.90 Å². The van der Waals surface area contributed by atoms with Crippen LogP contribution in [0.5, 0.6) is 6.01 Å². The van der Waals surface area contributed by atoms with Crippen molar-refractivity contribution in [2.45, 2.75) is 26.5 Å². The van der Waals surface area contributed by atoms with Gasteiger partial charge >= 0.3 is 12.0 Å². The number of amides is 2. The number of imidazole rings is 1. The number of fused-ring (bicyclic) bond motifs is 1. The van der Waals surface area contributed by atoms with Gasteiger partial charge in [-0.15, -0.1) is 0 Å². The van der Waals surface area contributed by atoms with Crippen LogP contribution in [0.25, 0.3) is 0 Å². The van der Waals surface area contributed by atoms with Crippen LogP contribution in [-0.4, -0.2) is 52.5 Å². The van der Waals surface area contributed by atoms with E-state index in [1.807, 2.05) is 34.9 Å². The van der Waals surface area contributed by atoms with E-state index < -0.39 is 0 Å². The number of urea groups is 1. The van der Waals surface area contributed by atoms with Gasteiger partial charge in [-0.05, 0) is 18.9 Å². The first-order valence-corrected chi connectivity index (χ1v) is 9.19. The number of allylic oxidation sites excluding steroid dienone is 1. The van der Waals surface area contributed by atoms with Gasteiger partial charge in [0, 0.05) is 20.2 Å². The van der Waals surface area contributed by atoms with Crippen molar-refractivity contribution in [2.75, 3.05) is 31.8 Å². The van der Waals surface area contributed by atoms with Crippen LogP contribution in [0.1, 0.15) is 24.6 Å². The van der Waals surface area contributed by atoms with E-state index in [1.54, 1.807) is 18.9 Å². The van der Waals surface area contributed by atoms with Gasteiger partial charge in [-0.2, -0.15) is 4.98 Å². The fourth-order valence-corrected chi connectivity index (χ4v) is 3.06. The van der Waals surface area contributed by atoms with Crippen molar-refractivity contribution < 1.29 is 19.4 Å². The Morgan fingerprint density at radius 2 is 2.11 bits per heavy atom. The molecule has 2 aromatic rings. The molecule has 1 aliphatic rings. The summed E-state index contributed by atoms with van der Waals surface area (Å²) in [6.07, 6.45) is 0.488. The summed E-state index contributed by atoms with van der Waals surface area (Å²) in [5, 5.41) is 9.06. The molecule has 0 fully saturated rings. The van der Waals surface area contributed by atoms with Gasteiger partial charge in [0.25, 0.3) is 0 Å². The number of carbonyl (C=O) groups is 1. The average Bonchev–Trinajstić information content (AvgIpc) is 2.99. The Hall–Kier alpha value is -2.84. The van der Waals surface area contributed by atoms with Gasteiger partial charge < -0.3 is 19.5 Å². The fraction of sp³-hybridized carbons (Fsp3) is 0.400. The number of nitrogens with zero attached hydrogens (tertiary/aromatic N) is 4. The molecule has 3 rings (SSSR count). The molecule has 8 nitrogen and oxygen atoms in total. The molecule has 0 unspecified atom stereocenters. The molecule has 0 radical (unpaired) electrons. The highest BCUT2D eigenvalue weighted by atomic mass is 16.5. The highest BCUT2D eigenvalue weighted by Gasteiger charge is 2.29. The Bertz CT molecular complexity index is 834. The molecule has 8 heteroatoms. The number of hydrogen-bond donors (Lipinski definition) is 1. The quantitative estimate of drug-likeness (QED) is 0.740. The van der Waals surface area contributed by atoms with Crippen molar-refractivity contribution in [2.24, 2.45) is 0 Å². The standard InChI is InChI=1S/C20H26N4O4/c1-15(2)28-19-21-18-17(24(19)12-16-8-5-4-6-9-16)13-27-14-23(10-7-11-25)20(26)22(18)3/h4-6,8-9,25H,1,7,10-14H2,2-3H3. The Morgan fingerprint density at radius 1 is 1.36 bits per heavy atom. The topological polar surface area (TPSA) is 80.1 Å². The number of ether oxygens (including phenoxy) is 2. The number of benzene rings is 1. The third kappa shape index (κ3) is 4.35. The van der Waals surface area contributed by atoms with Crippen LogP contribution in [0.2, 0.25) is 0 Å². The lowest BCUT2D eigenvalue weighted by Crippen LogP contribution is -2.45. The lowest BCUT2D eigenvalue weighted by Gasteiger charge is -2.29. The molecule has 28 heavy (non-hydrogen) atoms. The molecule has 1 aliphatic heterocycles. The molecule has 2 amide bonds. The Kier molecular flexibility index (Phi) is 6.33. The molecule has 0 saturated carbocycles. The van der Waals surface area contributed by atoms with Gasteiger partial charge in [-0.1, -0.05) is 36.9 Å². The van der Waals surface area contributed by atoms with E-state index in [0.29, 0.717) is 37.1 Å². The molecule has 0 bridgehead atoms. The molecule has 0 aliphatic carbocycles. The second kappa shape index (κ2) is 8.90. The lowest BCUT2D eigenvalue weighted by molar-refractivity contribution is 0.0319. The van der Waals surface area contributed by atoms with Gasteiger partial charge in [-0.3, -0.25) is 9.47 Å². The molecular formula is C20H26N4O4. The summed E-state index contributed by atoms with van der Waals surface area (Å²) >= 11 is 0. The minimum absolute atomic E-state index is 0.0149. The summed E-state index contributed by atoms with van der Waals surface area (Å²) in [6, 6.07) is 10.1. The van der Waals surface area contributed by atoms with Crippen molar-refractivity contribution in [1.29, 1.82) is 0 Å². The number of rotatable bonds is 7. The minimum Gasteiger partial charge on any atom is -0.431 e. The van der Waals surface area contributed by atoms with E-state index >= 15 is 0 Å². The van der Waals surface area contributed by atoms with E-state index in [-0.39, 0.29) is 26.0 Å². The van der Waals surface area contributed by atoms with Gasteiger partial charge in [-0.25, -0.2) is 4.79 Å². The molecule has 1 N–H and O–H groups in total. The normalized spacial score (nSPS) is 14.5. The van der Waals surface area contributed by atoms with Crippen LogP contribution in [-0.2, 0) is 17.9 Å². The SMILES string of the molecule is C=C(C)Oc1nc2c(n1Cc1ccccc1)COCN(CCCO)C(=O)N2C. The zero-order valence-electron chi connectivity index (χ0n) is 16.3. The number of aliphatic hydroxyl groups excluding tert-OH is 1. The molecule has 0 saturated heterocycles. The molecule has 2 heterocycles. The molecule has 0 atom stereocenters. The van der Waals surface area contributed by atoms with Crippen LogP contribution in [0.4, 0.5) is 10.6 Å². The monoisotopic (exact) mass is 386 g/mol. The second-order valence-corrected chi connectivity index (χ2v) is 6.70. The number of anilines is 1. The van der Waals surface area contributed by atoms with E-state index in [4.69, 9.17) is 14.6 Å². The largest absolute Gasteiger partial charge is 0.431 e. The molecular weight excluding hydrogens is 360 g/mol. The molecule has 0 spiro atoms. The summed E-state index contributed by atoms with van der Waals surface area (Å²) in [6.45, 7) is 6.94. The first-order valence-electron chi connectivity index (χ1n) is 9.19. The van der Waals surface area contributed by atoms with Crippen LogP contribution >= 0.6 is 0 Å². The first-order chi connectivity index (χ1) is 13.5. The summed E-state index contributed by atoms with van der Waals surface area (Å²) in [5.74, 6) is 0.998. The maximum absolute atomic E-state index is 12.9. The lowest BCUT2D eigenvalue weighted by atomic mass is 10.2. The van der Waals surface area contributed by atoms with Crippen LogP contribution < -0.4 is 9.64 Å². The third-order valence-electron chi connectivity index (χ3n) is 4.41. The highest BCUT2D eigenvalue weighted by molar-refractivity contribution is 5.91. The number of aliphatic hydroxyl groups is 1. The number of aromatic nitrogens is 2. The maximum Gasteiger partial charge on any atom is 0.327 e. The summed E-state index contributed by atoms with van der Waals surface area (Å²) < 4.78 is 13.4. The van der Waals surface area contributed by atoms with E-state index in [0.717, 1.165) is 11.3 Å². The predicted molar refractivity (Wildman–Crippen MR) is 105 cm³/mol. The zero-order valence-corrected chi connectivity index (χ0v) is 16.3.